The van der Waals surface area contributed by atoms with Gasteiger partial charge in [0.05, 0.1) is 19.1 Å². The highest BCUT2D eigenvalue weighted by Crippen LogP contribution is 2.26. The maximum absolute atomic E-state index is 12.2. The maximum Gasteiger partial charge on any atom is 0.396 e. The second kappa shape index (κ2) is 5.23. The third-order valence-electron chi connectivity index (χ3n) is 2.71. The number of rotatable bonds is 4. The van der Waals surface area contributed by atoms with Crippen LogP contribution in [0.25, 0.3) is 0 Å². The summed E-state index contributed by atoms with van der Waals surface area (Å²) in [6.45, 7) is 3.56. The topological polar surface area (TPSA) is 60.2 Å². The molecule has 5 nitrogen and oxygen atoms in total. The van der Waals surface area contributed by atoms with Crippen LogP contribution in [-0.2, 0) is 11.2 Å². The molecule has 18 heavy (non-hydrogen) atoms. The fourth-order valence-corrected chi connectivity index (χ4v) is 1.93. The van der Waals surface area contributed by atoms with E-state index < -0.39 is 12.6 Å². The molecule has 1 N–H and O–H groups in total. The minimum atomic E-state index is -4.33. The molecule has 1 aromatic heterocycles. The molecule has 0 spiro atoms. The van der Waals surface area contributed by atoms with Crippen LogP contribution < -0.4 is 5.32 Å². The van der Waals surface area contributed by atoms with Crippen molar-refractivity contribution in [2.45, 2.75) is 31.5 Å². The number of hydrogen-bond donors (Lipinski definition) is 1. The second-order valence-electron chi connectivity index (χ2n) is 4.15. The van der Waals surface area contributed by atoms with Gasteiger partial charge in [-0.2, -0.15) is 18.2 Å². The average Bonchev–Trinajstić information content (AvgIpc) is 2.84. The average molecular weight is 265 g/mol. The zero-order valence-electron chi connectivity index (χ0n) is 9.83. The summed E-state index contributed by atoms with van der Waals surface area (Å²) in [6.07, 6.45) is -5.50. The number of hydrogen-bond acceptors (Lipinski definition) is 5. The van der Waals surface area contributed by atoms with Gasteiger partial charge < -0.3 is 14.6 Å². The molecule has 0 saturated carbocycles. The van der Waals surface area contributed by atoms with Gasteiger partial charge in [-0.25, -0.2) is 0 Å². The Balaban J connectivity index is 2.05. The predicted octanol–water partition coefficient (Wildman–Crippen LogP) is 1.27. The lowest BCUT2D eigenvalue weighted by atomic mass is 10.0. The SMILES string of the molecule is CCNC1COCC1c1nc(CC(F)(F)F)no1. The van der Waals surface area contributed by atoms with Gasteiger partial charge in [-0.05, 0) is 6.54 Å². The van der Waals surface area contributed by atoms with Gasteiger partial charge in [0.2, 0.25) is 5.89 Å². The van der Waals surface area contributed by atoms with Gasteiger partial charge in [0.1, 0.15) is 6.42 Å². The molecule has 0 bridgehead atoms. The highest BCUT2D eigenvalue weighted by atomic mass is 19.4. The Morgan fingerprint density at radius 3 is 2.83 bits per heavy atom. The largest absolute Gasteiger partial charge is 0.396 e. The van der Waals surface area contributed by atoms with Crippen LogP contribution in [-0.4, -0.2) is 42.1 Å². The molecular formula is C10H14F3N3O2. The van der Waals surface area contributed by atoms with Crippen LogP contribution in [0.15, 0.2) is 4.52 Å². The lowest BCUT2D eigenvalue weighted by Crippen LogP contribution is -2.34. The van der Waals surface area contributed by atoms with Gasteiger partial charge in [-0.15, -0.1) is 0 Å². The standard InChI is InChI=1S/C10H14F3N3O2/c1-2-14-7-5-17-4-6(7)9-15-8(16-18-9)3-10(11,12)13/h6-7,14H,2-5H2,1H3. The molecule has 0 radical (unpaired) electrons. The molecule has 0 amide bonds. The summed E-state index contributed by atoms with van der Waals surface area (Å²) >= 11 is 0. The number of aromatic nitrogens is 2. The van der Waals surface area contributed by atoms with E-state index in [1.54, 1.807) is 0 Å². The maximum atomic E-state index is 12.2. The Labute approximate surface area is 102 Å². The molecule has 8 heteroatoms. The lowest BCUT2D eigenvalue weighted by molar-refractivity contribution is -0.128. The van der Waals surface area contributed by atoms with Crippen LogP contribution in [0.4, 0.5) is 13.2 Å². The summed E-state index contributed by atoms with van der Waals surface area (Å²) in [4.78, 5) is 3.79. The van der Waals surface area contributed by atoms with Crippen LogP contribution >= 0.6 is 0 Å². The zero-order chi connectivity index (χ0) is 13.2. The highest BCUT2D eigenvalue weighted by Gasteiger charge is 2.35. The van der Waals surface area contributed by atoms with Gasteiger partial charge in [-0.1, -0.05) is 12.1 Å². The summed E-state index contributed by atoms with van der Waals surface area (Å²) in [7, 11) is 0. The van der Waals surface area contributed by atoms with Crippen molar-refractivity contribution in [1.29, 1.82) is 0 Å². The van der Waals surface area contributed by atoms with Crippen LogP contribution in [0.3, 0.4) is 0 Å². The quantitative estimate of drug-likeness (QED) is 0.888. The Hall–Kier alpha value is -1.15. The molecule has 0 aromatic carbocycles. The molecule has 1 aliphatic heterocycles. The van der Waals surface area contributed by atoms with E-state index in [1.807, 2.05) is 6.92 Å². The first-order valence-electron chi connectivity index (χ1n) is 5.70. The minimum Gasteiger partial charge on any atom is -0.379 e. The summed E-state index contributed by atoms with van der Waals surface area (Å²) in [5.74, 6) is -0.309. The minimum absolute atomic E-state index is 0.00851. The van der Waals surface area contributed by atoms with Gasteiger partial charge in [-0.3, -0.25) is 0 Å². The molecule has 2 heterocycles. The monoisotopic (exact) mass is 265 g/mol. The van der Waals surface area contributed by atoms with Crippen molar-refractivity contribution in [3.05, 3.63) is 11.7 Å². The van der Waals surface area contributed by atoms with E-state index in [1.165, 1.54) is 0 Å². The van der Waals surface area contributed by atoms with Gasteiger partial charge in [0.25, 0.3) is 0 Å². The van der Waals surface area contributed by atoms with E-state index in [0.717, 1.165) is 6.54 Å². The van der Waals surface area contributed by atoms with Crippen molar-refractivity contribution < 1.29 is 22.4 Å². The number of likely N-dealkylation sites (N-methyl/N-ethyl adjacent to an activating group) is 1. The molecule has 0 aliphatic carbocycles. The first kappa shape index (κ1) is 13.3. The predicted molar refractivity (Wildman–Crippen MR) is 55.1 cm³/mol. The second-order valence-corrected chi connectivity index (χ2v) is 4.15. The Bertz CT molecular complexity index is 394. The molecule has 2 unspecified atom stereocenters. The fourth-order valence-electron chi connectivity index (χ4n) is 1.93. The Morgan fingerprint density at radius 1 is 1.39 bits per heavy atom. The number of alkyl halides is 3. The van der Waals surface area contributed by atoms with E-state index >= 15 is 0 Å². The first-order chi connectivity index (χ1) is 8.49. The number of nitrogens with zero attached hydrogens (tertiary/aromatic N) is 2. The van der Waals surface area contributed by atoms with E-state index in [-0.39, 0.29) is 23.7 Å². The van der Waals surface area contributed by atoms with Crippen LogP contribution in [0.5, 0.6) is 0 Å². The molecule has 102 valence electrons. The number of ether oxygens (including phenoxy) is 1. The molecule has 1 aromatic rings. The molecule has 2 rings (SSSR count). The van der Waals surface area contributed by atoms with E-state index in [9.17, 15) is 13.2 Å². The van der Waals surface area contributed by atoms with Crippen LogP contribution in [0.1, 0.15) is 24.6 Å². The van der Waals surface area contributed by atoms with Gasteiger partial charge >= 0.3 is 6.18 Å². The van der Waals surface area contributed by atoms with Crippen molar-refractivity contribution in [1.82, 2.24) is 15.5 Å². The van der Waals surface area contributed by atoms with E-state index in [4.69, 9.17) is 9.26 Å². The summed E-state index contributed by atoms with van der Waals surface area (Å²) < 4.78 is 46.7. The fraction of sp³-hybridized carbons (Fsp3) is 0.800. The molecule has 1 saturated heterocycles. The van der Waals surface area contributed by atoms with Crippen LogP contribution in [0, 0.1) is 0 Å². The van der Waals surface area contributed by atoms with Crippen molar-refractivity contribution >= 4 is 0 Å². The molecule has 1 fully saturated rings. The van der Waals surface area contributed by atoms with Crippen molar-refractivity contribution in [2.75, 3.05) is 19.8 Å². The summed E-state index contributed by atoms with van der Waals surface area (Å²) in [5, 5.41) is 6.53. The number of halogens is 3. The van der Waals surface area contributed by atoms with Crippen LogP contribution in [0.2, 0.25) is 0 Å². The molecule has 1 aliphatic rings. The van der Waals surface area contributed by atoms with Gasteiger partial charge in [0.15, 0.2) is 5.82 Å². The Kier molecular flexibility index (Phi) is 3.86. The highest BCUT2D eigenvalue weighted by molar-refractivity contribution is 5.03. The Morgan fingerprint density at radius 2 is 2.17 bits per heavy atom. The van der Waals surface area contributed by atoms with E-state index in [2.05, 4.69) is 15.5 Å². The molecular weight excluding hydrogens is 251 g/mol. The number of nitrogens with one attached hydrogen (secondary N) is 1. The van der Waals surface area contributed by atoms with Crippen molar-refractivity contribution in [3.63, 3.8) is 0 Å². The smallest absolute Gasteiger partial charge is 0.379 e. The zero-order valence-corrected chi connectivity index (χ0v) is 9.83. The summed E-state index contributed by atoms with van der Waals surface area (Å²) in [5.41, 5.74) is 0. The molecule has 2 atom stereocenters. The summed E-state index contributed by atoms with van der Waals surface area (Å²) in [6, 6.07) is 0.00851. The van der Waals surface area contributed by atoms with E-state index in [0.29, 0.717) is 13.2 Å². The third kappa shape index (κ3) is 3.20. The lowest BCUT2D eigenvalue weighted by Gasteiger charge is -2.13. The van der Waals surface area contributed by atoms with Crippen molar-refractivity contribution in [2.24, 2.45) is 0 Å². The normalized spacial score (nSPS) is 24.7. The third-order valence-corrected chi connectivity index (χ3v) is 2.71. The van der Waals surface area contributed by atoms with Crippen molar-refractivity contribution in [3.8, 4) is 0 Å². The van der Waals surface area contributed by atoms with Gasteiger partial charge in [0, 0.05) is 6.04 Å². The first-order valence-corrected chi connectivity index (χ1v) is 5.70.